The van der Waals surface area contributed by atoms with E-state index in [2.05, 4.69) is 4.99 Å². The molecule has 0 amide bonds. The molecule has 0 radical (unpaired) electrons. The molecule has 6 heteroatoms. The van der Waals surface area contributed by atoms with Crippen molar-refractivity contribution in [3.63, 3.8) is 0 Å². The molecule has 0 atom stereocenters. The molecule has 15 heavy (non-hydrogen) atoms. The first-order valence-corrected chi connectivity index (χ1v) is 4.60. The molecule has 6 N–H and O–H groups in total. The number of nitrogens with two attached hydrogens (primary N) is 2. The quantitative estimate of drug-likeness (QED) is 0.265. The zero-order chi connectivity index (χ0) is 11.3. The zero-order valence-corrected chi connectivity index (χ0v) is 8.30. The van der Waals surface area contributed by atoms with Crippen LogP contribution in [-0.2, 0) is 6.42 Å². The van der Waals surface area contributed by atoms with Crippen LogP contribution in [0, 0.1) is 0 Å². The molecule has 1 aromatic rings. The third kappa shape index (κ3) is 3.61. The molecule has 1 rings (SSSR count). The SMILES string of the molecule is NC(N)=NCCc1ccccc1B(O)O. The maximum atomic E-state index is 9.08. The Hall–Kier alpha value is -1.53. The summed E-state index contributed by atoms with van der Waals surface area (Å²) in [4.78, 5) is 3.83. The van der Waals surface area contributed by atoms with Gasteiger partial charge in [-0.25, -0.2) is 0 Å². The van der Waals surface area contributed by atoms with E-state index in [9.17, 15) is 0 Å². The fourth-order valence-corrected chi connectivity index (χ4v) is 1.32. The first-order chi connectivity index (χ1) is 7.11. The van der Waals surface area contributed by atoms with E-state index in [1.165, 1.54) is 0 Å². The van der Waals surface area contributed by atoms with Crippen LogP contribution in [0.3, 0.4) is 0 Å². The van der Waals surface area contributed by atoms with E-state index >= 15 is 0 Å². The van der Waals surface area contributed by atoms with Gasteiger partial charge >= 0.3 is 7.12 Å². The molecule has 0 heterocycles. The number of aliphatic imine (C=N–C) groups is 1. The van der Waals surface area contributed by atoms with Crippen molar-refractivity contribution in [1.29, 1.82) is 0 Å². The minimum absolute atomic E-state index is 0.0389. The maximum absolute atomic E-state index is 9.08. The fourth-order valence-electron chi connectivity index (χ4n) is 1.32. The van der Waals surface area contributed by atoms with Crippen LogP contribution < -0.4 is 16.9 Å². The summed E-state index contributed by atoms with van der Waals surface area (Å²) in [6, 6.07) is 7.06. The Labute approximate surface area is 88.6 Å². The fraction of sp³-hybridized carbons (Fsp3) is 0.222. The summed E-state index contributed by atoms with van der Waals surface area (Å²) in [5.74, 6) is 0.0389. The monoisotopic (exact) mass is 207 g/mol. The third-order valence-electron chi connectivity index (χ3n) is 2.01. The molecule has 0 aromatic heterocycles. The van der Waals surface area contributed by atoms with Gasteiger partial charge in [-0.2, -0.15) is 0 Å². The van der Waals surface area contributed by atoms with Crippen LogP contribution >= 0.6 is 0 Å². The minimum atomic E-state index is -1.46. The van der Waals surface area contributed by atoms with Gasteiger partial charge < -0.3 is 21.5 Å². The van der Waals surface area contributed by atoms with Crippen LogP contribution in [0.15, 0.2) is 29.3 Å². The molecular formula is C9H14BN3O2. The molecule has 0 bridgehead atoms. The number of guanidine groups is 1. The van der Waals surface area contributed by atoms with Crippen molar-refractivity contribution in [2.45, 2.75) is 6.42 Å². The third-order valence-corrected chi connectivity index (χ3v) is 2.01. The number of hydrogen-bond donors (Lipinski definition) is 4. The summed E-state index contributed by atoms with van der Waals surface area (Å²) in [5, 5.41) is 18.2. The summed E-state index contributed by atoms with van der Waals surface area (Å²) >= 11 is 0. The Morgan fingerprint density at radius 2 is 1.93 bits per heavy atom. The molecule has 0 spiro atoms. The number of benzene rings is 1. The van der Waals surface area contributed by atoms with Crippen molar-refractivity contribution in [3.8, 4) is 0 Å². The summed E-state index contributed by atoms with van der Waals surface area (Å²) < 4.78 is 0. The van der Waals surface area contributed by atoms with Gasteiger partial charge in [0.1, 0.15) is 0 Å². The van der Waals surface area contributed by atoms with Crippen LogP contribution in [0.1, 0.15) is 5.56 Å². The summed E-state index contributed by atoms with van der Waals surface area (Å²) in [7, 11) is -1.46. The second-order valence-corrected chi connectivity index (χ2v) is 3.13. The second-order valence-electron chi connectivity index (χ2n) is 3.13. The lowest BCUT2D eigenvalue weighted by molar-refractivity contribution is 0.425. The molecule has 0 unspecified atom stereocenters. The van der Waals surface area contributed by atoms with Crippen molar-refractivity contribution in [1.82, 2.24) is 0 Å². The van der Waals surface area contributed by atoms with Crippen LogP contribution in [-0.4, -0.2) is 29.7 Å². The van der Waals surface area contributed by atoms with Gasteiger partial charge in [-0.3, -0.25) is 4.99 Å². The van der Waals surface area contributed by atoms with E-state index in [1.807, 2.05) is 12.1 Å². The van der Waals surface area contributed by atoms with E-state index in [0.717, 1.165) is 5.56 Å². The predicted molar refractivity (Wildman–Crippen MR) is 60.6 cm³/mol. The Kier molecular flexibility index (Phi) is 4.14. The molecule has 1 aromatic carbocycles. The Balaban J connectivity index is 2.72. The van der Waals surface area contributed by atoms with Gasteiger partial charge in [-0.15, -0.1) is 0 Å². The molecule has 5 nitrogen and oxygen atoms in total. The zero-order valence-electron chi connectivity index (χ0n) is 8.30. The lowest BCUT2D eigenvalue weighted by atomic mass is 9.76. The molecule has 0 aliphatic heterocycles. The molecule has 0 saturated carbocycles. The van der Waals surface area contributed by atoms with Gasteiger partial charge in [-0.1, -0.05) is 24.3 Å². The van der Waals surface area contributed by atoms with Crippen molar-refractivity contribution in [3.05, 3.63) is 29.8 Å². The van der Waals surface area contributed by atoms with Gasteiger partial charge in [-0.05, 0) is 17.4 Å². The highest BCUT2D eigenvalue weighted by Gasteiger charge is 2.14. The van der Waals surface area contributed by atoms with E-state index < -0.39 is 7.12 Å². The summed E-state index contributed by atoms with van der Waals surface area (Å²) in [6.07, 6.45) is 0.575. The summed E-state index contributed by atoms with van der Waals surface area (Å²) in [6.45, 7) is 0.437. The van der Waals surface area contributed by atoms with Gasteiger partial charge in [0.25, 0.3) is 0 Å². The molecule has 80 valence electrons. The Morgan fingerprint density at radius 3 is 2.53 bits per heavy atom. The predicted octanol–water partition coefficient (Wildman–Crippen LogP) is -1.82. The topological polar surface area (TPSA) is 105 Å². The molecule has 0 fully saturated rings. The van der Waals surface area contributed by atoms with E-state index in [1.54, 1.807) is 12.1 Å². The van der Waals surface area contributed by atoms with Crippen molar-refractivity contribution in [2.75, 3.05) is 6.54 Å². The Morgan fingerprint density at radius 1 is 1.27 bits per heavy atom. The molecular weight excluding hydrogens is 193 g/mol. The van der Waals surface area contributed by atoms with E-state index in [4.69, 9.17) is 21.5 Å². The molecule has 0 saturated heterocycles. The van der Waals surface area contributed by atoms with E-state index in [-0.39, 0.29) is 5.96 Å². The summed E-state index contributed by atoms with van der Waals surface area (Å²) in [5.41, 5.74) is 11.7. The van der Waals surface area contributed by atoms with Crippen molar-refractivity contribution in [2.24, 2.45) is 16.5 Å². The van der Waals surface area contributed by atoms with Crippen molar-refractivity contribution >= 4 is 18.5 Å². The lowest BCUT2D eigenvalue weighted by Gasteiger charge is -2.06. The highest BCUT2D eigenvalue weighted by atomic mass is 16.4. The number of rotatable bonds is 4. The van der Waals surface area contributed by atoms with Crippen LogP contribution in [0.25, 0.3) is 0 Å². The lowest BCUT2D eigenvalue weighted by Crippen LogP contribution is -2.33. The van der Waals surface area contributed by atoms with E-state index in [0.29, 0.717) is 18.4 Å². The minimum Gasteiger partial charge on any atom is -0.423 e. The van der Waals surface area contributed by atoms with Gasteiger partial charge in [0.2, 0.25) is 0 Å². The van der Waals surface area contributed by atoms with Crippen LogP contribution in [0.5, 0.6) is 0 Å². The normalized spacial score (nSPS) is 9.73. The molecule has 0 aliphatic rings. The number of nitrogens with zero attached hydrogens (tertiary/aromatic N) is 1. The largest absolute Gasteiger partial charge is 0.488 e. The van der Waals surface area contributed by atoms with Gasteiger partial charge in [0, 0.05) is 6.54 Å². The average Bonchev–Trinajstić information content (AvgIpc) is 2.17. The first kappa shape index (κ1) is 11.5. The smallest absolute Gasteiger partial charge is 0.423 e. The standard InChI is InChI=1S/C9H14BN3O2/c11-9(12)13-6-5-7-3-1-2-4-8(7)10(14)15/h1-4,14-15H,5-6H2,(H4,11,12,13). The highest BCUT2D eigenvalue weighted by Crippen LogP contribution is 1.98. The van der Waals surface area contributed by atoms with Crippen LogP contribution in [0.2, 0.25) is 0 Å². The van der Waals surface area contributed by atoms with Crippen molar-refractivity contribution < 1.29 is 10.0 Å². The number of hydrogen-bond acceptors (Lipinski definition) is 3. The second kappa shape index (κ2) is 5.38. The van der Waals surface area contributed by atoms with Gasteiger partial charge in [0.15, 0.2) is 5.96 Å². The average molecular weight is 207 g/mol. The highest BCUT2D eigenvalue weighted by molar-refractivity contribution is 6.59. The Bertz CT molecular complexity index is 351. The maximum Gasteiger partial charge on any atom is 0.488 e. The molecule has 0 aliphatic carbocycles. The van der Waals surface area contributed by atoms with Gasteiger partial charge in [0.05, 0.1) is 0 Å². The van der Waals surface area contributed by atoms with Crippen LogP contribution in [0.4, 0.5) is 0 Å². The first-order valence-electron chi connectivity index (χ1n) is 4.60.